The number of para-hydroxylation sites is 1. The molecule has 1 atom stereocenters. The molecule has 198 valence electrons. The van der Waals surface area contributed by atoms with Crippen LogP contribution < -0.4 is 4.90 Å². The van der Waals surface area contributed by atoms with Gasteiger partial charge in [0.2, 0.25) is 5.76 Å². The lowest BCUT2D eigenvalue weighted by Gasteiger charge is -2.39. The molecule has 37 heavy (non-hydrogen) atoms. The minimum atomic E-state index is -0.131. The molecule has 2 aliphatic rings. The zero-order valence-electron chi connectivity index (χ0n) is 23.1. The Labute approximate surface area is 223 Å². The summed E-state index contributed by atoms with van der Waals surface area (Å²) in [5, 5.41) is 0. The molecule has 1 unspecified atom stereocenters. The Morgan fingerprint density at radius 2 is 1.59 bits per heavy atom. The van der Waals surface area contributed by atoms with E-state index in [4.69, 9.17) is 4.74 Å². The van der Waals surface area contributed by atoms with Gasteiger partial charge in [0, 0.05) is 56.9 Å². The number of hydrogen-bond acceptors (Lipinski definition) is 4. The minimum Gasteiger partial charge on any atom is -0.483 e. The largest absolute Gasteiger partial charge is 0.483 e. The number of rotatable bonds is 10. The van der Waals surface area contributed by atoms with E-state index in [1.165, 1.54) is 17.5 Å². The van der Waals surface area contributed by atoms with Crippen LogP contribution in [0.1, 0.15) is 51.7 Å². The monoisotopic (exact) mass is 501 g/mol. The second-order valence-corrected chi connectivity index (χ2v) is 10.6. The SMILES string of the molecule is C=C(C)N(C(=O)/C(OC1Cc2ccccc2C1)=C(\CC)N1CCN(CC(C)CC)CC1)c1ccccc1. The first-order chi connectivity index (χ1) is 17.9. The smallest absolute Gasteiger partial charge is 0.299 e. The van der Waals surface area contributed by atoms with E-state index in [-0.39, 0.29) is 12.0 Å². The van der Waals surface area contributed by atoms with E-state index >= 15 is 0 Å². The van der Waals surface area contributed by atoms with Gasteiger partial charge in [-0.15, -0.1) is 0 Å². The summed E-state index contributed by atoms with van der Waals surface area (Å²) < 4.78 is 6.72. The van der Waals surface area contributed by atoms with Crippen molar-refractivity contribution in [2.45, 2.75) is 59.5 Å². The van der Waals surface area contributed by atoms with Gasteiger partial charge in [0.15, 0.2) is 0 Å². The third-order valence-corrected chi connectivity index (χ3v) is 7.71. The molecular weight excluding hydrogens is 458 g/mol. The summed E-state index contributed by atoms with van der Waals surface area (Å²) in [4.78, 5) is 20.9. The maximum Gasteiger partial charge on any atom is 0.299 e. The summed E-state index contributed by atoms with van der Waals surface area (Å²) >= 11 is 0. The van der Waals surface area contributed by atoms with Crippen molar-refractivity contribution in [2.75, 3.05) is 37.6 Å². The van der Waals surface area contributed by atoms with E-state index in [0.29, 0.717) is 17.4 Å². The average molecular weight is 502 g/mol. The Bertz CT molecular complexity index is 1080. The summed E-state index contributed by atoms with van der Waals surface area (Å²) in [7, 11) is 0. The standard InChI is InChI=1S/C32H43N3O2/c1-6-25(5)23-33-17-19-34(20-18-33)30(7-2)31(37-29-21-26-13-11-12-14-27(26)22-29)32(36)35(24(3)4)28-15-9-8-10-16-28/h8-16,25,29H,3,6-7,17-23H2,1-2,4-5H3/b31-30-. The Hall–Kier alpha value is -3.05. The highest BCUT2D eigenvalue weighted by molar-refractivity contribution is 6.06. The molecule has 0 bridgehead atoms. The molecule has 5 heteroatoms. The lowest BCUT2D eigenvalue weighted by atomic mass is 10.1. The van der Waals surface area contributed by atoms with E-state index in [1.54, 1.807) is 4.90 Å². The van der Waals surface area contributed by atoms with Gasteiger partial charge in [0.25, 0.3) is 5.91 Å². The molecule has 0 aromatic heterocycles. The predicted molar refractivity (Wildman–Crippen MR) is 152 cm³/mol. The van der Waals surface area contributed by atoms with E-state index in [1.807, 2.05) is 37.3 Å². The molecule has 4 rings (SSSR count). The molecule has 2 aromatic rings. The maximum absolute atomic E-state index is 14.3. The van der Waals surface area contributed by atoms with Crippen molar-refractivity contribution in [3.8, 4) is 0 Å². The van der Waals surface area contributed by atoms with Crippen molar-refractivity contribution >= 4 is 11.6 Å². The lowest BCUT2D eigenvalue weighted by molar-refractivity contribution is -0.119. The van der Waals surface area contributed by atoms with Gasteiger partial charge >= 0.3 is 0 Å². The van der Waals surface area contributed by atoms with Gasteiger partial charge in [-0.25, -0.2) is 0 Å². The fraction of sp³-hybridized carbons (Fsp3) is 0.469. The summed E-state index contributed by atoms with van der Waals surface area (Å²) in [6.45, 7) is 17.7. The third-order valence-electron chi connectivity index (χ3n) is 7.71. The molecule has 0 spiro atoms. The van der Waals surface area contributed by atoms with Crippen LogP contribution in [0.15, 0.2) is 78.3 Å². The number of amides is 1. The summed E-state index contributed by atoms with van der Waals surface area (Å²) in [5.41, 5.74) is 5.13. The molecule has 5 nitrogen and oxygen atoms in total. The molecule has 1 saturated heterocycles. The number of benzene rings is 2. The normalized spacial score (nSPS) is 17.7. The number of carbonyl (C=O) groups is 1. The highest BCUT2D eigenvalue weighted by Crippen LogP contribution is 2.30. The number of anilines is 1. The van der Waals surface area contributed by atoms with Crippen molar-refractivity contribution in [1.29, 1.82) is 0 Å². The fourth-order valence-electron chi connectivity index (χ4n) is 5.50. The quantitative estimate of drug-likeness (QED) is 0.295. The van der Waals surface area contributed by atoms with Gasteiger partial charge in [0.05, 0.1) is 5.70 Å². The molecule has 0 saturated carbocycles. The minimum absolute atomic E-state index is 0.0488. The highest BCUT2D eigenvalue weighted by Gasteiger charge is 2.32. The summed E-state index contributed by atoms with van der Waals surface area (Å²) in [6.07, 6.45) is 3.54. The van der Waals surface area contributed by atoms with Crippen LogP contribution in [-0.4, -0.2) is 54.5 Å². The van der Waals surface area contributed by atoms with Crippen LogP contribution in [0.4, 0.5) is 5.69 Å². The van der Waals surface area contributed by atoms with E-state index in [2.05, 4.69) is 61.4 Å². The van der Waals surface area contributed by atoms with Crippen LogP contribution in [-0.2, 0) is 22.4 Å². The second kappa shape index (κ2) is 12.5. The van der Waals surface area contributed by atoms with Crippen LogP contribution in [0.5, 0.6) is 0 Å². The van der Waals surface area contributed by atoms with E-state index in [9.17, 15) is 4.79 Å². The first-order valence-corrected chi connectivity index (χ1v) is 13.9. The number of ether oxygens (including phenoxy) is 1. The number of fused-ring (bicyclic) bond motifs is 1. The Morgan fingerprint density at radius 3 is 2.14 bits per heavy atom. The van der Waals surface area contributed by atoms with Gasteiger partial charge in [-0.3, -0.25) is 14.6 Å². The van der Waals surface area contributed by atoms with Crippen molar-refractivity contribution in [2.24, 2.45) is 5.92 Å². The molecule has 1 aliphatic carbocycles. The first-order valence-electron chi connectivity index (χ1n) is 13.9. The number of carbonyl (C=O) groups excluding carboxylic acids is 1. The molecule has 0 N–H and O–H groups in total. The van der Waals surface area contributed by atoms with Crippen LogP contribution in [0.2, 0.25) is 0 Å². The van der Waals surface area contributed by atoms with Crippen molar-refractivity contribution in [3.63, 3.8) is 0 Å². The van der Waals surface area contributed by atoms with E-state index in [0.717, 1.165) is 63.4 Å². The van der Waals surface area contributed by atoms with Gasteiger partial charge in [-0.05, 0) is 42.5 Å². The van der Waals surface area contributed by atoms with E-state index < -0.39 is 0 Å². The van der Waals surface area contributed by atoms with Crippen molar-refractivity contribution in [3.05, 3.63) is 89.5 Å². The molecule has 1 fully saturated rings. The zero-order chi connectivity index (χ0) is 26.4. The highest BCUT2D eigenvalue weighted by atomic mass is 16.5. The molecule has 1 heterocycles. The number of nitrogens with zero attached hydrogens (tertiary/aromatic N) is 3. The Balaban J connectivity index is 1.64. The topological polar surface area (TPSA) is 36.0 Å². The molecule has 0 radical (unpaired) electrons. The van der Waals surface area contributed by atoms with Gasteiger partial charge < -0.3 is 9.64 Å². The molecule has 1 aliphatic heterocycles. The number of allylic oxidation sites excluding steroid dienone is 2. The van der Waals surface area contributed by atoms with Crippen molar-refractivity contribution < 1.29 is 9.53 Å². The molecule has 2 aromatic carbocycles. The Morgan fingerprint density at radius 1 is 1.00 bits per heavy atom. The summed E-state index contributed by atoms with van der Waals surface area (Å²) in [6, 6.07) is 18.3. The van der Waals surface area contributed by atoms with Crippen LogP contribution in [0.25, 0.3) is 0 Å². The molecular formula is C32H43N3O2. The summed E-state index contributed by atoms with van der Waals surface area (Å²) in [5.74, 6) is 1.04. The number of hydrogen-bond donors (Lipinski definition) is 0. The number of piperazine rings is 1. The average Bonchev–Trinajstić information content (AvgIpc) is 3.32. The first kappa shape index (κ1) is 27.0. The van der Waals surface area contributed by atoms with Crippen LogP contribution in [0, 0.1) is 5.92 Å². The maximum atomic E-state index is 14.3. The van der Waals surface area contributed by atoms with Crippen LogP contribution in [0.3, 0.4) is 0 Å². The second-order valence-electron chi connectivity index (χ2n) is 10.6. The van der Waals surface area contributed by atoms with Gasteiger partial charge in [0.1, 0.15) is 6.10 Å². The predicted octanol–water partition coefficient (Wildman–Crippen LogP) is 6.02. The zero-order valence-corrected chi connectivity index (χ0v) is 23.1. The third kappa shape index (κ3) is 6.45. The molecule has 1 amide bonds. The van der Waals surface area contributed by atoms with Gasteiger partial charge in [-0.1, -0.05) is 76.2 Å². The van der Waals surface area contributed by atoms with Crippen LogP contribution >= 0.6 is 0 Å². The van der Waals surface area contributed by atoms with Crippen molar-refractivity contribution in [1.82, 2.24) is 9.80 Å². The van der Waals surface area contributed by atoms with Gasteiger partial charge in [-0.2, -0.15) is 0 Å². The fourth-order valence-corrected chi connectivity index (χ4v) is 5.50. The Kier molecular flexibility index (Phi) is 9.09. The lowest BCUT2D eigenvalue weighted by Crippen LogP contribution is -2.48.